The molecule has 2 heterocycles. The van der Waals surface area contributed by atoms with Crippen molar-refractivity contribution >= 4 is 40.5 Å². The highest BCUT2D eigenvalue weighted by Gasteiger charge is 2.38. The molecular formula is C31H44N4O2S. The van der Waals surface area contributed by atoms with E-state index in [1.54, 1.807) is 15.9 Å². The van der Waals surface area contributed by atoms with E-state index in [9.17, 15) is 9.59 Å². The summed E-state index contributed by atoms with van der Waals surface area (Å²) in [7, 11) is 0. The highest BCUT2D eigenvalue weighted by molar-refractivity contribution is 7.80. The van der Waals surface area contributed by atoms with Crippen molar-refractivity contribution in [3.05, 3.63) is 60.0 Å². The topological polar surface area (TPSA) is 47.1 Å². The molecule has 3 rings (SSSR count). The van der Waals surface area contributed by atoms with Crippen molar-refractivity contribution in [3.8, 4) is 0 Å². The molecule has 1 fully saturated rings. The molecule has 7 heteroatoms. The summed E-state index contributed by atoms with van der Waals surface area (Å²) in [4.78, 5) is 34.5. The Kier molecular flexibility index (Phi) is 11.6. The van der Waals surface area contributed by atoms with Gasteiger partial charge in [0.1, 0.15) is 11.4 Å². The molecular weight excluding hydrogens is 492 g/mol. The van der Waals surface area contributed by atoms with E-state index in [0.717, 1.165) is 70.3 Å². The number of amides is 2. The largest absolute Gasteiger partial charge is 0.326 e. The normalized spacial score (nSPS) is 15.8. The number of allylic oxidation sites excluding steroid dienone is 4. The Bertz CT molecular complexity index is 1010. The first kappa shape index (κ1) is 29.6. The van der Waals surface area contributed by atoms with Crippen LogP contribution in [0.15, 0.2) is 60.0 Å². The number of benzene rings is 1. The summed E-state index contributed by atoms with van der Waals surface area (Å²) in [5.41, 5.74) is 2.65. The molecule has 6 nitrogen and oxygen atoms in total. The third kappa shape index (κ3) is 6.73. The van der Waals surface area contributed by atoms with E-state index in [1.165, 1.54) is 11.4 Å². The molecule has 2 aliphatic rings. The predicted molar refractivity (Wildman–Crippen MR) is 162 cm³/mol. The Labute approximate surface area is 234 Å². The third-order valence-corrected chi connectivity index (χ3v) is 7.43. The van der Waals surface area contributed by atoms with Gasteiger partial charge in [0.2, 0.25) is 0 Å². The lowest BCUT2D eigenvalue weighted by Crippen LogP contribution is -2.56. The summed E-state index contributed by atoms with van der Waals surface area (Å²) in [5.74, 6) is 0.557. The molecule has 1 aromatic rings. The van der Waals surface area contributed by atoms with Gasteiger partial charge in [0.05, 0.1) is 11.4 Å². The van der Waals surface area contributed by atoms with Crippen LogP contribution in [0.1, 0.15) is 79.1 Å². The first-order chi connectivity index (χ1) is 18.5. The van der Waals surface area contributed by atoms with Crippen LogP contribution < -0.4 is 9.80 Å². The fraction of sp³-hybridized carbons (Fsp3) is 0.516. The van der Waals surface area contributed by atoms with Crippen molar-refractivity contribution in [2.24, 2.45) is 0 Å². The number of hydrogen-bond donors (Lipinski definition) is 0. The van der Waals surface area contributed by atoms with Gasteiger partial charge in [-0.15, -0.1) is 0 Å². The molecule has 0 aromatic heterocycles. The number of hydrogen-bond acceptors (Lipinski definition) is 5. The number of nitrogens with zero attached hydrogens (tertiary/aromatic N) is 4. The number of para-hydroxylation sites is 2. The molecule has 206 valence electrons. The van der Waals surface area contributed by atoms with Crippen LogP contribution in [0.2, 0.25) is 0 Å². The van der Waals surface area contributed by atoms with Crippen molar-refractivity contribution in [2.45, 2.75) is 79.1 Å². The van der Waals surface area contributed by atoms with Crippen LogP contribution >= 0.6 is 12.2 Å². The van der Waals surface area contributed by atoms with Crippen molar-refractivity contribution in [1.29, 1.82) is 0 Å². The summed E-state index contributed by atoms with van der Waals surface area (Å²) in [6.45, 7) is 11.6. The molecule has 0 radical (unpaired) electrons. The van der Waals surface area contributed by atoms with Gasteiger partial charge >= 0.3 is 0 Å². The third-order valence-electron chi connectivity index (χ3n) is 6.99. The van der Waals surface area contributed by atoms with E-state index < -0.39 is 0 Å². The number of carbonyl (C=O) groups is 2. The highest BCUT2D eigenvalue weighted by atomic mass is 32.1. The molecule has 0 N–H and O–H groups in total. The van der Waals surface area contributed by atoms with Gasteiger partial charge in [-0.1, -0.05) is 77.7 Å². The van der Waals surface area contributed by atoms with E-state index in [-0.39, 0.29) is 17.4 Å². The molecule has 2 amide bonds. The van der Waals surface area contributed by atoms with Gasteiger partial charge in [0.25, 0.3) is 11.8 Å². The van der Waals surface area contributed by atoms with Crippen LogP contribution in [0.25, 0.3) is 0 Å². The fourth-order valence-corrected chi connectivity index (χ4v) is 5.11. The summed E-state index contributed by atoms with van der Waals surface area (Å²) >= 11 is 5.56. The lowest BCUT2D eigenvalue weighted by atomic mass is 10.1. The minimum Gasteiger partial charge on any atom is -0.326 e. The Balaban J connectivity index is 1.91. The van der Waals surface area contributed by atoms with E-state index in [1.807, 2.05) is 12.2 Å². The van der Waals surface area contributed by atoms with Gasteiger partial charge in [0, 0.05) is 26.2 Å². The summed E-state index contributed by atoms with van der Waals surface area (Å²) in [6.07, 6.45) is 15.6. The predicted octanol–water partition coefficient (Wildman–Crippen LogP) is 6.79. The molecule has 2 aliphatic heterocycles. The number of carbonyl (C=O) groups excluding carboxylic acids is 2. The molecule has 0 aliphatic carbocycles. The monoisotopic (exact) mass is 536 g/mol. The van der Waals surface area contributed by atoms with E-state index in [4.69, 9.17) is 12.2 Å². The fourth-order valence-electron chi connectivity index (χ4n) is 4.76. The van der Waals surface area contributed by atoms with Gasteiger partial charge in [-0.3, -0.25) is 19.4 Å². The van der Waals surface area contributed by atoms with Gasteiger partial charge in [0.15, 0.2) is 5.11 Å². The lowest BCUT2D eigenvalue weighted by molar-refractivity contribution is -0.133. The quantitative estimate of drug-likeness (QED) is 0.149. The van der Waals surface area contributed by atoms with Gasteiger partial charge < -0.3 is 9.80 Å². The number of thiocarbonyl (C=S) groups is 1. The molecule has 0 spiro atoms. The molecule has 0 atom stereocenters. The molecule has 38 heavy (non-hydrogen) atoms. The van der Waals surface area contributed by atoms with Crippen LogP contribution in [-0.4, -0.2) is 52.9 Å². The van der Waals surface area contributed by atoms with Crippen LogP contribution in [-0.2, 0) is 9.59 Å². The minimum absolute atomic E-state index is 0.181. The average molecular weight is 537 g/mol. The first-order valence-corrected chi connectivity index (χ1v) is 14.8. The highest BCUT2D eigenvalue weighted by Crippen LogP contribution is 2.41. The van der Waals surface area contributed by atoms with Crippen LogP contribution in [0.3, 0.4) is 0 Å². The SMILES string of the molecule is CCCCN1C(=O)C(=C/C=C/C=C2N(CCCC)c3ccccc3N2CCCC)C(=O)N(CCCC)C1=S. The van der Waals surface area contributed by atoms with E-state index >= 15 is 0 Å². The maximum absolute atomic E-state index is 13.3. The van der Waals surface area contributed by atoms with Crippen molar-refractivity contribution < 1.29 is 9.59 Å². The van der Waals surface area contributed by atoms with Crippen LogP contribution in [0, 0.1) is 0 Å². The number of unbranched alkanes of at least 4 members (excludes halogenated alkanes) is 4. The van der Waals surface area contributed by atoms with Gasteiger partial charge in [-0.2, -0.15) is 0 Å². The number of fused-ring (bicyclic) bond motifs is 1. The maximum Gasteiger partial charge on any atom is 0.265 e. The molecule has 0 bridgehead atoms. The van der Waals surface area contributed by atoms with Crippen molar-refractivity contribution in [2.75, 3.05) is 36.0 Å². The number of anilines is 2. The molecule has 1 aromatic carbocycles. The zero-order chi connectivity index (χ0) is 27.5. The lowest BCUT2D eigenvalue weighted by Gasteiger charge is -2.36. The average Bonchev–Trinajstić information content (AvgIpc) is 3.22. The Morgan fingerprint density at radius 2 is 1.03 bits per heavy atom. The van der Waals surface area contributed by atoms with Crippen LogP contribution in [0.5, 0.6) is 0 Å². The van der Waals surface area contributed by atoms with Crippen molar-refractivity contribution in [1.82, 2.24) is 9.80 Å². The van der Waals surface area contributed by atoms with E-state index in [2.05, 4.69) is 67.8 Å². The summed E-state index contributed by atoms with van der Waals surface area (Å²) < 4.78 is 0. The zero-order valence-corrected chi connectivity index (χ0v) is 24.4. The van der Waals surface area contributed by atoms with Gasteiger partial charge in [-0.25, -0.2) is 0 Å². The minimum atomic E-state index is -0.291. The second-order valence-corrected chi connectivity index (χ2v) is 10.3. The molecule has 0 saturated carbocycles. The second kappa shape index (κ2) is 14.9. The Morgan fingerprint density at radius 3 is 1.45 bits per heavy atom. The second-order valence-electron chi connectivity index (χ2n) is 9.89. The molecule has 1 saturated heterocycles. The zero-order valence-electron chi connectivity index (χ0n) is 23.6. The Hall–Kier alpha value is -2.93. The van der Waals surface area contributed by atoms with Crippen LogP contribution in [0.4, 0.5) is 11.4 Å². The van der Waals surface area contributed by atoms with Gasteiger partial charge in [-0.05, 0) is 62.2 Å². The summed E-state index contributed by atoms with van der Waals surface area (Å²) in [6, 6.07) is 8.57. The molecule has 0 unspecified atom stereocenters. The van der Waals surface area contributed by atoms with E-state index in [0.29, 0.717) is 18.2 Å². The Morgan fingerprint density at radius 1 is 0.632 bits per heavy atom. The maximum atomic E-state index is 13.3. The standard InChI is InChI=1S/C31H44N4O2S/c1-5-9-21-32-26-18-14-15-19-27(26)33(22-10-6-2)28(32)20-16-13-17-25-29(36)34(23-11-7-3)31(38)35(30(25)37)24-12-8-4/h13-20H,5-12,21-24H2,1-4H3/b16-13+. The van der Waals surface area contributed by atoms with Crippen molar-refractivity contribution in [3.63, 3.8) is 0 Å². The smallest absolute Gasteiger partial charge is 0.265 e. The first-order valence-electron chi connectivity index (χ1n) is 14.4. The number of rotatable bonds is 14. The summed E-state index contributed by atoms with van der Waals surface area (Å²) in [5, 5.41) is 0.340.